The summed E-state index contributed by atoms with van der Waals surface area (Å²) in [5.41, 5.74) is 6.52. The average molecular weight is 583 g/mol. The van der Waals surface area contributed by atoms with Crippen LogP contribution in [0.3, 0.4) is 0 Å². The van der Waals surface area contributed by atoms with Gasteiger partial charge in [-0.25, -0.2) is 4.79 Å². The van der Waals surface area contributed by atoms with Crippen LogP contribution in [-0.2, 0) is 60.5 Å². The number of benzene rings is 1. The van der Waals surface area contributed by atoms with Gasteiger partial charge in [0, 0.05) is 66.0 Å². The van der Waals surface area contributed by atoms with Gasteiger partial charge < -0.3 is 19.1 Å². The highest BCUT2D eigenvalue weighted by atomic mass is 35.5. The van der Waals surface area contributed by atoms with Gasteiger partial charge in [0.2, 0.25) is 0 Å². The first-order chi connectivity index (χ1) is 19.7. The molecule has 0 unspecified atom stereocenters. The van der Waals surface area contributed by atoms with Gasteiger partial charge in [-0.2, -0.15) is 10.2 Å². The van der Waals surface area contributed by atoms with Crippen LogP contribution in [-0.4, -0.2) is 67.3 Å². The molecule has 218 valence electrons. The van der Waals surface area contributed by atoms with E-state index in [2.05, 4.69) is 14.7 Å². The normalized spacial score (nSPS) is 13.1. The van der Waals surface area contributed by atoms with Crippen LogP contribution in [0.1, 0.15) is 52.5 Å². The summed E-state index contributed by atoms with van der Waals surface area (Å²) in [4.78, 5) is 26.9. The van der Waals surface area contributed by atoms with Crippen molar-refractivity contribution in [3.8, 4) is 11.1 Å². The second-order valence-corrected chi connectivity index (χ2v) is 10.8. The van der Waals surface area contributed by atoms with E-state index in [1.54, 1.807) is 15.3 Å². The third-order valence-electron chi connectivity index (χ3n) is 7.65. The molecule has 4 heterocycles. The SMILES string of the molecule is COC(=O)CCn1c(C(=O)OC)cc2c(-c3c(CN(C)Cc4cc(CO)n(C)n4)nn4c3CCCC4)c(Cl)ccc21. The Hall–Kier alpha value is -3.67. The maximum Gasteiger partial charge on any atom is 0.354 e. The van der Waals surface area contributed by atoms with E-state index in [9.17, 15) is 14.7 Å². The lowest BCUT2D eigenvalue weighted by Crippen LogP contribution is -2.18. The molecule has 11 nitrogen and oxygen atoms in total. The molecule has 0 spiro atoms. The van der Waals surface area contributed by atoms with E-state index in [4.69, 9.17) is 26.2 Å². The summed E-state index contributed by atoms with van der Waals surface area (Å²) >= 11 is 6.95. The van der Waals surface area contributed by atoms with Crippen molar-refractivity contribution < 1.29 is 24.2 Å². The van der Waals surface area contributed by atoms with Gasteiger partial charge in [-0.05, 0) is 50.6 Å². The van der Waals surface area contributed by atoms with E-state index in [1.807, 2.05) is 32.3 Å². The number of aliphatic hydroxyl groups excluding tert-OH is 1. The van der Waals surface area contributed by atoms with Gasteiger partial charge in [-0.3, -0.25) is 19.1 Å². The number of ether oxygens (including phenoxy) is 2. The number of aliphatic hydroxyl groups is 1. The van der Waals surface area contributed by atoms with Crippen LogP contribution >= 0.6 is 11.6 Å². The Morgan fingerprint density at radius 3 is 2.61 bits per heavy atom. The Morgan fingerprint density at radius 1 is 1.10 bits per heavy atom. The molecule has 1 N–H and O–H groups in total. The first kappa shape index (κ1) is 28.8. The van der Waals surface area contributed by atoms with Crippen LogP contribution in [0.5, 0.6) is 0 Å². The molecule has 41 heavy (non-hydrogen) atoms. The molecule has 0 bridgehead atoms. The lowest BCUT2D eigenvalue weighted by Gasteiger charge is -2.17. The zero-order valence-electron chi connectivity index (χ0n) is 23.8. The molecule has 4 aromatic rings. The number of hydrogen-bond donors (Lipinski definition) is 1. The third kappa shape index (κ3) is 5.61. The zero-order valence-corrected chi connectivity index (χ0v) is 24.6. The van der Waals surface area contributed by atoms with Crippen LogP contribution in [0.4, 0.5) is 0 Å². The summed E-state index contributed by atoms with van der Waals surface area (Å²) in [6.07, 6.45) is 3.07. The van der Waals surface area contributed by atoms with E-state index >= 15 is 0 Å². The summed E-state index contributed by atoms with van der Waals surface area (Å²) in [6, 6.07) is 7.40. The second-order valence-electron chi connectivity index (χ2n) is 10.4. The van der Waals surface area contributed by atoms with Gasteiger partial charge in [0.05, 0.1) is 44.3 Å². The average Bonchev–Trinajstić information content (AvgIpc) is 3.63. The highest BCUT2D eigenvalue weighted by Crippen LogP contribution is 2.42. The van der Waals surface area contributed by atoms with Crippen molar-refractivity contribution in [1.82, 2.24) is 29.0 Å². The van der Waals surface area contributed by atoms with E-state index in [-0.39, 0.29) is 25.5 Å². The number of fused-ring (bicyclic) bond motifs is 2. The molecule has 0 atom stereocenters. The van der Waals surface area contributed by atoms with Gasteiger partial charge in [0.1, 0.15) is 5.69 Å². The zero-order chi connectivity index (χ0) is 29.3. The Morgan fingerprint density at radius 2 is 1.90 bits per heavy atom. The summed E-state index contributed by atoms with van der Waals surface area (Å²) in [5.74, 6) is -0.866. The van der Waals surface area contributed by atoms with Gasteiger partial charge in [0.25, 0.3) is 0 Å². The minimum Gasteiger partial charge on any atom is -0.469 e. The fourth-order valence-electron chi connectivity index (χ4n) is 5.71. The van der Waals surface area contributed by atoms with Crippen molar-refractivity contribution in [2.24, 2.45) is 7.05 Å². The van der Waals surface area contributed by atoms with Gasteiger partial charge >= 0.3 is 11.9 Å². The number of methoxy groups -OCH3 is 2. The first-order valence-electron chi connectivity index (χ1n) is 13.6. The molecule has 1 aromatic carbocycles. The van der Waals surface area contributed by atoms with Gasteiger partial charge in [0.15, 0.2) is 0 Å². The number of esters is 2. The fourth-order valence-corrected chi connectivity index (χ4v) is 5.97. The van der Waals surface area contributed by atoms with Gasteiger partial charge in [-0.15, -0.1) is 0 Å². The maximum absolute atomic E-state index is 12.8. The standard InChI is InChI=1S/C29H35ClN6O5/c1-33(15-18-13-19(17-37)34(2)31-18)16-22-28(24-7-5-6-11-36(24)32-22)27-20-14-25(29(39)41-4)35(12-10-26(38)40-3)23(20)9-8-21(27)30/h8-9,13-14,37H,5-7,10-12,15-17H2,1-4H3. The molecule has 12 heteroatoms. The van der Waals surface area contributed by atoms with Crippen molar-refractivity contribution >= 4 is 34.4 Å². The topological polar surface area (TPSA) is 117 Å². The molecule has 3 aromatic heterocycles. The molecule has 0 radical (unpaired) electrons. The molecule has 1 aliphatic heterocycles. The number of halogens is 1. The number of rotatable bonds is 10. The van der Waals surface area contributed by atoms with E-state index in [0.717, 1.165) is 70.6 Å². The lowest BCUT2D eigenvalue weighted by molar-refractivity contribution is -0.140. The molecule has 5 rings (SSSR count). The minimum atomic E-state index is -0.497. The van der Waals surface area contributed by atoms with Crippen LogP contribution in [0, 0.1) is 0 Å². The van der Waals surface area contributed by atoms with Crippen molar-refractivity contribution in [3.05, 3.63) is 57.8 Å². The molecule has 0 saturated heterocycles. The Labute approximate surface area is 243 Å². The Kier molecular flexibility index (Phi) is 8.48. The molecular weight excluding hydrogens is 548 g/mol. The minimum absolute atomic E-state index is 0.0690. The Balaban J connectivity index is 1.61. The van der Waals surface area contributed by atoms with E-state index in [0.29, 0.717) is 23.8 Å². The van der Waals surface area contributed by atoms with Gasteiger partial charge in [-0.1, -0.05) is 11.6 Å². The fraction of sp³-hybridized carbons (Fsp3) is 0.448. The largest absolute Gasteiger partial charge is 0.469 e. The maximum atomic E-state index is 12.8. The van der Waals surface area contributed by atoms with Crippen LogP contribution in [0.2, 0.25) is 5.02 Å². The summed E-state index contributed by atoms with van der Waals surface area (Å²) in [5, 5.41) is 20.5. The summed E-state index contributed by atoms with van der Waals surface area (Å²) < 4.78 is 15.5. The number of carbonyl (C=O) groups is 2. The molecule has 0 aliphatic carbocycles. The Bertz CT molecular complexity index is 1600. The molecule has 0 saturated carbocycles. The predicted molar refractivity (Wildman–Crippen MR) is 153 cm³/mol. The van der Waals surface area contributed by atoms with Crippen molar-refractivity contribution in [1.29, 1.82) is 0 Å². The molecular formula is C29H35ClN6O5. The number of hydrogen-bond acceptors (Lipinski definition) is 8. The van der Waals surface area contributed by atoms with Crippen LogP contribution in [0.25, 0.3) is 22.0 Å². The number of aryl methyl sites for hydroxylation is 3. The predicted octanol–water partition coefficient (Wildman–Crippen LogP) is 3.70. The molecule has 0 fully saturated rings. The van der Waals surface area contributed by atoms with Crippen molar-refractivity contribution in [2.45, 2.75) is 58.5 Å². The quantitative estimate of drug-likeness (QED) is 0.281. The van der Waals surface area contributed by atoms with Crippen LogP contribution < -0.4 is 0 Å². The highest BCUT2D eigenvalue weighted by Gasteiger charge is 2.28. The molecule has 0 amide bonds. The summed E-state index contributed by atoms with van der Waals surface area (Å²) in [7, 11) is 6.51. The number of carbonyl (C=O) groups excluding carboxylic acids is 2. The van der Waals surface area contributed by atoms with Crippen molar-refractivity contribution in [3.63, 3.8) is 0 Å². The first-order valence-corrected chi connectivity index (χ1v) is 14.0. The lowest BCUT2D eigenvalue weighted by atomic mass is 9.95. The van der Waals surface area contributed by atoms with Crippen molar-refractivity contribution in [2.75, 3.05) is 21.3 Å². The smallest absolute Gasteiger partial charge is 0.354 e. The van der Waals surface area contributed by atoms with E-state index < -0.39 is 5.97 Å². The second kappa shape index (κ2) is 12.1. The monoisotopic (exact) mass is 582 g/mol. The number of aromatic nitrogens is 5. The third-order valence-corrected chi connectivity index (χ3v) is 7.97. The highest BCUT2D eigenvalue weighted by molar-refractivity contribution is 6.35. The van der Waals surface area contributed by atoms with E-state index in [1.165, 1.54) is 14.2 Å². The summed E-state index contributed by atoms with van der Waals surface area (Å²) in [6.45, 7) is 2.13. The van der Waals surface area contributed by atoms with Crippen LogP contribution in [0.15, 0.2) is 24.3 Å². The number of nitrogens with zero attached hydrogens (tertiary/aromatic N) is 6. The molecule has 1 aliphatic rings.